The van der Waals surface area contributed by atoms with E-state index in [1.54, 1.807) is 44.4 Å². The van der Waals surface area contributed by atoms with Crippen molar-refractivity contribution in [2.45, 2.75) is 32.7 Å². The van der Waals surface area contributed by atoms with Gasteiger partial charge in [-0.1, -0.05) is 30.7 Å². The quantitative estimate of drug-likeness (QED) is 0.121. The molecule has 1 aliphatic rings. The molecule has 0 saturated heterocycles. The maximum absolute atomic E-state index is 14.0. The first kappa shape index (κ1) is 31.0. The fourth-order valence-corrected chi connectivity index (χ4v) is 6.55. The number of aromatic nitrogens is 1. The predicted molar refractivity (Wildman–Crippen MR) is 168 cm³/mol. The van der Waals surface area contributed by atoms with Gasteiger partial charge in [0.2, 0.25) is 0 Å². The third kappa shape index (κ3) is 5.84. The molecular formula is C31H28BrN3O8S. The number of halogens is 1. The molecule has 0 bridgehead atoms. The lowest BCUT2D eigenvalue weighted by molar-refractivity contribution is -0.384. The summed E-state index contributed by atoms with van der Waals surface area (Å²) < 4.78 is 24.8. The van der Waals surface area contributed by atoms with E-state index in [1.807, 2.05) is 19.1 Å². The molecule has 0 amide bonds. The standard InChI is InChI=1S/C31H28BrN3O8S/c1-5-7-22-27(30(37)42-6-2)28(17-8-12-24(40-3)21(32)14-17)34-29(36)26(44-31(34)33-22)16-19-10-13-23(43-19)20-11-9-18(35(38)39)15-25(20)41-4/h8-16,28H,5-7H2,1-4H3/b26-16-/t28-/m0/s1. The SMILES string of the molecule is CCCC1=C(C(=O)OCC)[C@H](c2ccc(OC)c(Br)c2)n2c(s/c(=C\c3ccc(-c4ccc([N+](=O)[O-])cc4OC)o3)c2=O)=N1. The van der Waals surface area contributed by atoms with E-state index in [9.17, 15) is 19.7 Å². The van der Waals surface area contributed by atoms with E-state index < -0.39 is 16.9 Å². The molecule has 0 unspecified atom stereocenters. The molecule has 1 aliphatic heterocycles. The number of thiazole rings is 1. The fraction of sp³-hybridized carbons (Fsp3) is 0.258. The topological polar surface area (TPSA) is 135 Å². The maximum Gasteiger partial charge on any atom is 0.338 e. The summed E-state index contributed by atoms with van der Waals surface area (Å²) in [5.41, 5.74) is 1.63. The van der Waals surface area contributed by atoms with Gasteiger partial charge in [0.05, 0.1) is 63.7 Å². The van der Waals surface area contributed by atoms with Crippen molar-refractivity contribution < 1.29 is 28.3 Å². The number of ether oxygens (including phenoxy) is 3. The van der Waals surface area contributed by atoms with Crippen LogP contribution in [-0.4, -0.2) is 36.3 Å². The van der Waals surface area contributed by atoms with Crippen molar-refractivity contribution in [2.75, 3.05) is 20.8 Å². The number of carbonyl (C=O) groups excluding carboxylic acids is 1. The summed E-state index contributed by atoms with van der Waals surface area (Å²) in [7, 11) is 2.98. The molecule has 13 heteroatoms. The van der Waals surface area contributed by atoms with Crippen LogP contribution in [0.5, 0.6) is 11.5 Å². The van der Waals surface area contributed by atoms with Crippen molar-refractivity contribution in [3.8, 4) is 22.8 Å². The summed E-state index contributed by atoms with van der Waals surface area (Å²) in [6, 6.07) is 12.3. The van der Waals surface area contributed by atoms with Crippen molar-refractivity contribution in [1.82, 2.24) is 4.57 Å². The lowest BCUT2D eigenvalue weighted by Crippen LogP contribution is -2.40. The van der Waals surface area contributed by atoms with Crippen LogP contribution in [0.1, 0.15) is 44.1 Å². The Morgan fingerprint density at radius 2 is 1.91 bits per heavy atom. The highest BCUT2D eigenvalue weighted by molar-refractivity contribution is 9.10. The van der Waals surface area contributed by atoms with Crippen molar-refractivity contribution >= 4 is 45.0 Å². The number of nitro benzene ring substituents is 1. The number of nitrogens with zero attached hydrogens (tertiary/aromatic N) is 3. The summed E-state index contributed by atoms with van der Waals surface area (Å²) in [6.45, 7) is 3.90. The van der Waals surface area contributed by atoms with E-state index >= 15 is 0 Å². The predicted octanol–water partition coefficient (Wildman–Crippen LogP) is 5.53. The molecule has 0 spiro atoms. The number of hydrogen-bond acceptors (Lipinski definition) is 10. The Bertz CT molecular complexity index is 1970. The number of furan rings is 1. The maximum atomic E-state index is 14.0. The second-order valence-corrected chi connectivity index (χ2v) is 11.5. The van der Waals surface area contributed by atoms with E-state index in [0.717, 1.165) is 6.42 Å². The molecule has 11 nitrogen and oxygen atoms in total. The van der Waals surface area contributed by atoms with E-state index in [2.05, 4.69) is 15.9 Å². The summed E-state index contributed by atoms with van der Waals surface area (Å²) in [4.78, 5) is 43.3. The monoisotopic (exact) mass is 681 g/mol. The minimum Gasteiger partial charge on any atom is -0.496 e. The van der Waals surface area contributed by atoms with Crippen LogP contribution in [0.3, 0.4) is 0 Å². The number of non-ortho nitro benzene ring substituents is 1. The fourth-order valence-electron chi connectivity index (χ4n) is 4.99. The highest BCUT2D eigenvalue weighted by Crippen LogP contribution is 2.37. The Morgan fingerprint density at radius 3 is 2.57 bits per heavy atom. The van der Waals surface area contributed by atoms with E-state index in [4.69, 9.17) is 23.6 Å². The van der Waals surface area contributed by atoms with Crippen molar-refractivity contribution in [1.29, 1.82) is 0 Å². The average molecular weight is 683 g/mol. The van der Waals surface area contributed by atoms with Crippen LogP contribution < -0.4 is 24.4 Å². The number of allylic oxidation sites excluding steroid dienone is 1. The molecule has 0 N–H and O–H groups in total. The minimum absolute atomic E-state index is 0.110. The number of nitro groups is 1. The van der Waals surface area contributed by atoms with Gasteiger partial charge in [0.25, 0.3) is 11.2 Å². The van der Waals surface area contributed by atoms with Crippen LogP contribution in [0.2, 0.25) is 0 Å². The Kier molecular flexibility index (Phi) is 9.16. The number of rotatable bonds is 10. The third-order valence-corrected chi connectivity index (χ3v) is 8.55. The Morgan fingerprint density at radius 1 is 1.14 bits per heavy atom. The summed E-state index contributed by atoms with van der Waals surface area (Å²) in [6.07, 6.45) is 2.86. The molecule has 5 rings (SSSR count). The number of methoxy groups -OCH3 is 2. The molecule has 3 heterocycles. The summed E-state index contributed by atoms with van der Waals surface area (Å²) >= 11 is 4.72. The average Bonchev–Trinajstić information content (AvgIpc) is 3.60. The second kappa shape index (κ2) is 13.0. The second-order valence-electron chi connectivity index (χ2n) is 9.65. The third-order valence-electron chi connectivity index (χ3n) is 6.95. The Balaban J connectivity index is 1.66. The van der Waals surface area contributed by atoms with Crippen LogP contribution in [0.4, 0.5) is 5.69 Å². The first-order chi connectivity index (χ1) is 21.2. The van der Waals surface area contributed by atoms with Gasteiger partial charge in [0, 0.05) is 12.1 Å². The van der Waals surface area contributed by atoms with Gasteiger partial charge >= 0.3 is 5.97 Å². The molecule has 0 saturated carbocycles. The molecule has 228 valence electrons. The summed E-state index contributed by atoms with van der Waals surface area (Å²) in [5.74, 6) is 1.15. The van der Waals surface area contributed by atoms with E-state index in [1.165, 1.54) is 35.1 Å². The lowest BCUT2D eigenvalue weighted by Gasteiger charge is -2.26. The van der Waals surface area contributed by atoms with Crippen LogP contribution in [0.15, 0.2) is 78.5 Å². The first-order valence-corrected chi connectivity index (χ1v) is 15.3. The Hall–Kier alpha value is -4.49. The van der Waals surface area contributed by atoms with Crippen LogP contribution >= 0.6 is 27.3 Å². The number of hydrogen-bond donors (Lipinski definition) is 0. The molecule has 4 aromatic rings. The number of esters is 1. The molecule has 2 aromatic carbocycles. The Labute approximate surface area is 264 Å². The largest absolute Gasteiger partial charge is 0.496 e. The molecule has 2 aromatic heterocycles. The van der Waals surface area contributed by atoms with Crippen LogP contribution in [0.25, 0.3) is 17.4 Å². The van der Waals surface area contributed by atoms with Gasteiger partial charge in [-0.2, -0.15) is 0 Å². The molecule has 0 fully saturated rings. The molecule has 1 atom stereocenters. The number of fused-ring (bicyclic) bond motifs is 1. The molecule has 44 heavy (non-hydrogen) atoms. The lowest BCUT2D eigenvalue weighted by atomic mass is 9.94. The van der Waals surface area contributed by atoms with Crippen molar-refractivity contribution in [3.05, 3.63) is 105 Å². The summed E-state index contributed by atoms with van der Waals surface area (Å²) in [5, 5.41) is 11.2. The highest BCUT2D eigenvalue weighted by Gasteiger charge is 2.34. The van der Waals surface area contributed by atoms with Gasteiger partial charge in [-0.15, -0.1) is 0 Å². The zero-order chi connectivity index (χ0) is 31.5. The first-order valence-electron chi connectivity index (χ1n) is 13.7. The smallest absolute Gasteiger partial charge is 0.338 e. The zero-order valence-electron chi connectivity index (χ0n) is 24.3. The van der Waals surface area contributed by atoms with E-state index in [-0.39, 0.29) is 23.6 Å². The van der Waals surface area contributed by atoms with Gasteiger partial charge < -0.3 is 18.6 Å². The number of carbonyl (C=O) groups is 1. The zero-order valence-corrected chi connectivity index (χ0v) is 26.7. The highest BCUT2D eigenvalue weighted by atomic mass is 79.9. The molecule has 0 aliphatic carbocycles. The van der Waals surface area contributed by atoms with Gasteiger partial charge in [0.1, 0.15) is 23.0 Å². The van der Waals surface area contributed by atoms with Gasteiger partial charge in [-0.3, -0.25) is 19.5 Å². The minimum atomic E-state index is -0.785. The van der Waals surface area contributed by atoms with Crippen LogP contribution in [-0.2, 0) is 9.53 Å². The van der Waals surface area contributed by atoms with Gasteiger partial charge in [-0.05, 0) is 65.2 Å². The molecular weight excluding hydrogens is 654 g/mol. The van der Waals surface area contributed by atoms with E-state index in [0.29, 0.717) is 59.9 Å². The van der Waals surface area contributed by atoms with Crippen LogP contribution in [0, 0.1) is 10.1 Å². The van der Waals surface area contributed by atoms with Gasteiger partial charge in [-0.25, -0.2) is 9.79 Å². The van der Waals surface area contributed by atoms with Crippen molar-refractivity contribution in [2.24, 2.45) is 4.99 Å². The molecule has 0 radical (unpaired) electrons. The van der Waals surface area contributed by atoms with Gasteiger partial charge in [0.15, 0.2) is 4.80 Å². The normalized spacial score (nSPS) is 14.7. The number of benzene rings is 2. The van der Waals surface area contributed by atoms with Crippen molar-refractivity contribution in [3.63, 3.8) is 0 Å².